The van der Waals surface area contributed by atoms with Gasteiger partial charge in [-0.2, -0.15) is 0 Å². The maximum Gasteiger partial charge on any atom is 0.0858 e. The van der Waals surface area contributed by atoms with Gasteiger partial charge in [-0.25, -0.2) is 4.98 Å². The van der Waals surface area contributed by atoms with Crippen molar-refractivity contribution in [3.05, 3.63) is 62.7 Å². The number of hydrogen-bond donors (Lipinski definition) is 0. The third-order valence-electron chi connectivity index (χ3n) is 3.18. The fourth-order valence-corrected chi connectivity index (χ4v) is 3.05. The van der Waals surface area contributed by atoms with Gasteiger partial charge in [0.2, 0.25) is 0 Å². The van der Waals surface area contributed by atoms with Crippen LogP contribution in [0.4, 0.5) is 0 Å². The number of rotatable bonds is 1. The van der Waals surface area contributed by atoms with E-state index in [9.17, 15) is 0 Å². The minimum Gasteiger partial charge on any atom is -0.246 e. The minimum atomic E-state index is 0.794. The number of aromatic nitrogens is 1. The number of hydrogen-bond acceptors (Lipinski definition) is 1. The summed E-state index contributed by atoms with van der Waals surface area (Å²) >= 11 is 8.81. The van der Waals surface area contributed by atoms with E-state index in [0.717, 1.165) is 36.3 Å². The van der Waals surface area contributed by atoms with Crippen molar-refractivity contribution in [1.29, 1.82) is 0 Å². The van der Waals surface area contributed by atoms with Crippen LogP contribution < -0.4 is 0 Å². The van der Waals surface area contributed by atoms with Crippen molar-refractivity contribution in [3.8, 4) is 11.3 Å². The summed E-state index contributed by atoms with van der Waals surface area (Å²) in [6.45, 7) is 2.02. The van der Waals surface area contributed by atoms with Gasteiger partial charge in [0.25, 0.3) is 0 Å². The Morgan fingerprint density at radius 3 is 2.47 bits per heavy atom. The summed E-state index contributed by atoms with van der Waals surface area (Å²) in [4.78, 5) is 4.81. The summed E-state index contributed by atoms with van der Waals surface area (Å²) < 4.78 is 1.12. The lowest BCUT2D eigenvalue weighted by molar-refractivity contribution is 1.32. The number of fused-ring (bicyclic) bond motifs is 1. The van der Waals surface area contributed by atoms with Crippen LogP contribution in [0, 0.1) is 10.5 Å². The van der Waals surface area contributed by atoms with Gasteiger partial charge in [-0.15, -0.1) is 0 Å². The van der Waals surface area contributed by atoms with Crippen LogP contribution >= 0.6 is 34.2 Å². The largest absolute Gasteiger partial charge is 0.246 e. The highest BCUT2D eigenvalue weighted by Crippen LogP contribution is 2.34. The second-order valence-electron chi connectivity index (χ2n) is 4.40. The van der Waals surface area contributed by atoms with Crippen molar-refractivity contribution in [2.45, 2.75) is 6.92 Å². The lowest BCUT2D eigenvalue weighted by Gasteiger charge is -2.11. The Hall–Kier alpha value is -1.13. The van der Waals surface area contributed by atoms with Gasteiger partial charge in [-0.3, -0.25) is 0 Å². The van der Waals surface area contributed by atoms with Crippen molar-refractivity contribution in [3.63, 3.8) is 0 Å². The number of nitrogens with zero attached hydrogens (tertiary/aromatic N) is 1. The van der Waals surface area contributed by atoms with Gasteiger partial charge in [-0.1, -0.05) is 54.1 Å². The van der Waals surface area contributed by atoms with Crippen molar-refractivity contribution in [2.75, 3.05) is 0 Å². The quantitative estimate of drug-likeness (QED) is 0.511. The molecule has 0 radical (unpaired) electrons. The van der Waals surface area contributed by atoms with Gasteiger partial charge < -0.3 is 0 Å². The van der Waals surface area contributed by atoms with E-state index in [0.29, 0.717) is 0 Å². The standard InChI is InChI=1S/C16H11ClIN/c1-10-14(17)12-8-5-9-13(18)16(12)19-15(10)11-6-3-2-4-7-11/h2-9H,1H3. The lowest BCUT2D eigenvalue weighted by Crippen LogP contribution is -1.93. The molecule has 0 saturated carbocycles. The number of para-hydroxylation sites is 1. The van der Waals surface area contributed by atoms with E-state index in [4.69, 9.17) is 16.6 Å². The second kappa shape index (κ2) is 5.10. The molecule has 2 aromatic carbocycles. The maximum atomic E-state index is 6.51. The molecule has 0 spiro atoms. The molecular formula is C16H11ClIN. The molecule has 1 aromatic heterocycles. The van der Waals surface area contributed by atoms with Crippen LogP contribution in [0.5, 0.6) is 0 Å². The molecule has 0 amide bonds. The molecule has 0 aliphatic carbocycles. The highest BCUT2D eigenvalue weighted by atomic mass is 127. The zero-order chi connectivity index (χ0) is 13.4. The number of halogens is 2. The smallest absolute Gasteiger partial charge is 0.0858 e. The van der Waals surface area contributed by atoms with Crippen molar-refractivity contribution in [2.24, 2.45) is 0 Å². The third-order valence-corrected chi connectivity index (χ3v) is 4.54. The summed E-state index contributed by atoms with van der Waals surface area (Å²) in [7, 11) is 0. The van der Waals surface area contributed by atoms with Gasteiger partial charge in [0.05, 0.1) is 16.2 Å². The molecule has 0 unspecified atom stereocenters. The van der Waals surface area contributed by atoms with Gasteiger partial charge in [0.15, 0.2) is 0 Å². The van der Waals surface area contributed by atoms with Crippen molar-refractivity contribution < 1.29 is 0 Å². The van der Waals surface area contributed by atoms with Gasteiger partial charge in [0.1, 0.15) is 0 Å². The van der Waals surface area contributed by atoms with Crippen molar-refractivity contribution in [1.82, 2.24) is 4.98 Å². The van der Waals surface area contributed by atoms with Gasteiger partial charge >= 0.3 is 0 Å². The van der Waals surface area contributed by atoms with E-state index < -0.39 is 0 Å². The fourth-order valence-electron chi connectivity index (χ4n) is 2.18. The highest BCUT2D eigenvalue weighted by molar-refractivity contribution is 14.1. The monoisotopic (exact) mass is 379 g/mol. The summed E-state index contributed by atoms with van der Waals surface area (Å²) in [5, 5.41) is 1.81. The first-order valence-electron chi connectivity index (χ1n) is 5.98. The molecule has 0 aliphatic rings. The first kappa shape index (κ1) is 12.9. The Bertz CT molecular complexity index is 754. The first-order valence-corrected chi connectivity index (χ1v) is 7.44. The minimum absolute atomic E-state index is 0.794. The van der Waals surface area contributed by atoms with E-state index in [1.807, 2.05) is 37.3 Å². The molecular weight excluding hydrogens is 369 g/mol. The van der Waals surface area contributed by atoms with Crippen LogP contribution in [0.15, 0.2) is 48.5 Å². The van der Waals surface area contributed by atoms with E-state index in [1.165, 1.54) is 0 Å². The summed E-state index contributed by atoms with van der Waals surface area (Å²) in [6.07, 6.45) is 0. The molecule has 1 heterocycles. The normalized spacial score (nSPS) is 10.9. The SMILES string of the molecule is Cc1c(-c2ccccc2)nc2c(I)cccc2c1Cl. The molecule has 3 rings (SSSR count). The van der Waals surface area contributed by atoms with Gasteiger partial charge in [0, 0.05) is 14.5 Å². The predicted molar refractivity (Wildman–Crippen MR) is 89.6 cm³/mol. The lowest BCUT2D eigenvalue weighted by atomic mass is 10.0. The molecule has 0 aliphatic heterocycles. The molecule has 3 heteroatoms. The zero-order valence-electron chi connectivity index (χ0n) is 10.3. The molecule has 0 fully saturated rings. The van der Waals surface area contributed by atoms with Crippen LogP contribution in [0.3, 0.4) is 0 Å². The molecule has 94 valence electrons. The second-order valence-corrected chi connectivity index (χ2v) is 5.94. The highest BCUT2D eigenvalue weighted by Gasteiger charge is 2.12. The van der Waals surface area contributed by atoms with Gasteiger partial charge in [-0.05, 0) is 41.1 Å². The van der Waals surface area contributed by atoms with Crippen LogP contribution in [-0.2, 0) is 0 Å². The molecule has 0 atom stereocenters. The molecule has 0 N–H and O–H groups in total. The van der Waals surface area contributed by atoms with E-state index in [-0.39, 0.29) is 0 Å². The van der Waals surface area contributed by atoms with E-state index >= 15 is 0 Å². The Morgan fingerprint density at radius 1 is 1.00 bits per heavy atom. The predicted octanol–water partition coefficient (Wildman–Crippen LogP) is 5.47. The Kier molecular flexibility index (Phi) is 3.46. The number of pyridine rings is 1. The molecule has 0 bridgehead atoms. The average molecular weight is 380 g/mol. The molecule has 3 aromatic rings. The maximum absolute atomic E-state index is 6.51. The summed E-state index contributed by atoms with van der Waals surface area (Å²) in [5.74, 6) is 0. The Labute approximate surface area is 130 Å². The average Bonchev–Trinajstić information content (AvgIpc) is 2.44. The zero-order valence-corrected chi connectivity index (χ0v) is 13.2. The van der Waals surface area contributed by atoms with E-state index in [1.54, 1.807) is 0 Å². The Morgan fingerprint density at radius 2 is 1.74 bits per heavy atom. The summed E-state index contributed by atoms with van der Waals surface area (Å²) in [6, 6.07) is 16.3. The molecule has 1 nitrogen and oxygen atoms in total. The van der Waals surface area contributed by atoms with Crippen LogP contribution in [0.2, 0.25) is 5.02 Å². The Balaban J connectivity index is 2.39. The topological polar surface area (TPSA) is 12.9 Å². The first-order chi connectivity index (χ1) is 9.18. The van der Waals surface area contributed by atoms with Crippen LogP contribution in [0.25, 0.3) is 22.2 Å². The van der Waals surface area contributed by atoms with Crippen molar-refractivity contribution >= 4 is 45.1 Å². The number of benzene rings is 2. The summed E-state index contributed by atoms with van der Waals surface area (Å²) in [5.41, 5.74) is 4.06. The fraction of sp³-hybridized carbons (Fsp3) is 0.0625. The van der Waals surface area contributed by atoms with Crippen LogP contribution in [-0.4, -0.2) is 4.98 Å². The van der Waals surface area contributed by atoms with E-state index in [2.05, 4.69) is 40.8 Å². The third kappa shape index (κ3) is 2.23. The van der Waals surface area contributed by atoms with Crippen LogP contribution in [0.1, 0.15) is 5.56 Å². The molecule has 0 saturated heterocycles. The molecule has 19 heavy (non-hydrogen) atoms.